The lowest BCUT2D eigenvalue weighted by atomic mass is 10.0. The normalized spacial score (nSPS) is 10.6. The predicted octanol–water partition coefficient (Wildman–Crippen LogP) is 4.93. The second-order valence-corrected chi connectivity index (χ2v) is 6.58. The minimum absolute atomic E-state index is 0.107. The summed E-state index contributed by atoms with van der Waals surface area (Å²) in [5.41, 5.74) is 11.1. The number of carbonyl (C=O) groups is 1. The van der Waals surface area contributed by atoms with E-state index in [9.17, 15) is 4.79 Å². The van der Waals surface area contributed by atoms with Crippen molar-refractivity contribution in [3.8, 4) is 22.6 Å². The molecule has 4 nitrogen and oxygen atoms in total. The number of nitrogens with two attached hydrogens (primary N) is 1. The number of benzene rings is 3. The maximum atomic E-state index is 10.8. The zero-order valence-electron chi connectivity index (χ0n) is 15.3. The fourth-order valence-corrected chi connectivity index (χ4v) is 3.00. The summed E-state index contributed by atoms with van der Waals surface area (Å²) in [5.74, 6) is 0.646. The van der Waals surface area contributed by atoms with Gasteiger partial charge < -0.3 is 15.6 Å². The Hall–Kier alpha value is -3.11. The molecule has 4 heteroatoms. The SMILES string of the molecule is Cc1cc(Oc2cccc(CCC(=O)O)c2)cc(-c2cccc(CN)c2)c1. The maximum absolute atomic E-state index is 10.8. The first-order chi connectivity index (χ1) is 13.0. The van der Waals surface area contributed by atoms with Crippen molar-refractivity contribution >= 4 is 5.97 Å². The van der Waals surface area contributed by atoms with Gasteiger partial charge in [0.25, 0.3) is 0 Å². The van der Waals surface area contributed by atoms with Crippen molar-refractivity contribution in [1.29, 1.82) is 0 Å². The molecule has 3 aromatic carbocycles. The molecule has 0 atom stereocenters. The molecular weight excluding hydrogens is 338 g/mol. The lowest BCUT2D eigenvalue weighted by Gasteiger charge is -2.11. The lowest BCUT2D eigenvalue weighted by Crippen LogP contribution is -1.97. The maximum Gasteiger partial charge on any atom is 0.303 e. The van der Waals surface area contributed by atoms with Gasteiger partial charge in [-0.25, -0.2) is 0 Å². The Morgan fingerprint density at radius 3 is 2.48 bits per heavy atom. The summed E-state index contributed by atoms with van der Waals surface area (Å²) in [6, 6.07) is 21.8. The van der Waals surface area contributed by atoms with Gasteiger partial charge in [0.15, 0.2) is 0 Å². The molecule has 0 saturated heterocycles. The number of hydrogen-bond donors (Lipinski definition) is 2. The molecular formula is C23H23NO3. The molecule has 0 spiro atoms. The number of aliphatic carboxylic acids is 1. The largest absolute Gasteiger partial charge is 0.481 e. The van der Waals surface area contributed by atoms with E-state index < -0.39 is 5.97 Å². The van der Waals surface area contributed by atoms with E-state index >= 15 is 0 Å². The highest BCUT2D eigenvalue weighted by molar-refractivity contribution is 5.67. The van der Waals surface area contributed by atoms with Crippen LogP contribution >= 0.6 is 0 Å². The Morgan fingerprint density at radius 1 is 0.926 bits per heavy atom. The first-order valence-corrected chi connectivity index (χ1v) is 8.93. The van der Waals surface area contributed by atoms with Crippen LogP contribution in [-0.4, -0.2) is 11.1 Å². The van der Waals surface area contributed by atoms with E-state index in [2.05, 4.69) is 18.2 Å². The summed E-state index contributed by atoms with van der Waals surface area (Å²) in [7, 11) is 0. The van der Waals surface area contributed by atoms with Gasteiger partial charge in [-0.05, 0) is 71.5 Å². The highest BCUT2D eigenvalue weighted by atomic mass is 16.5. The molecule has 3 N–H and O–H groups in total. The number of aryl methyl sites for hydroxylation is 2. The molecule has 0 aliphatic heterocycles. The minimum Gasteiger partial charge on any atom is -0.481 e. The van der Waals surface area contributed by atoms with Gasteiger partial charge in [-0.15, -0.1) is 0 Å². The van der Waals surface area contributed by atoms with E-state index in [1.54, 1.807) is 0 Å². The fraction of sp³-hybridized carbons (Fsp3) is 0.174. The third kappa shape index (κ3) is 5.19. The lowest BCUT2D eigenvalue weighted by molar-refractivity contribution is -0.136. The van der Waals surface area contributed by atoms with E-state index in [0.717, 1.165) is 33.6 Å². The van der Waals surface area contributed by atoms with Crippen LogP contribution in [-0.2, 0) is 17.8 Å². The van der Waals surface area contributed by atoms with Crippen molar-refractivity contribution in [3.05, 3.63) is 83.4 Å². The van der Waals surface area contributed by atoms with Crippen molar-refractivity contribution < 1.29 is 14.6 Å². The van der Waals surface area contributed by atoms with Crippen LogP contribution in [0.25, 0.3) is 11.1 Å². The molecule has 3 aromatic rings. The van der Waals surface area contributed by atoms with E-state index in [0.29, 0.717) is 18.7 Å². The molecule has 0 unspecified atom stereocenters. The van der Waals surface area contributed by atoms with Crippen molar-refractivity contribution in [1.82, 2.24) is 0 Å². The first kappa shape index (κ1) is 18.7. The van der Waals surface area contributed by atoms with Crippen LogP contribution in [0.3, 0.4) is 0 Å². The average Bonchev–Trinajstić information content (AvgIpc) is 2.66. The van der Waals surface area contributed by atoms with Crippen molar-refractivity contribution in [2.75, 3.05) is 0 Å². The Kier molecular flexibility index (Phi) is 5.89. The number of ether oxygens (including phenoxy) is 1. The second-order valence-electron chi connectivity index (χ2n) is 6.58. The molecule has 0 aliphatic rings. The molecule has 0 radical (unpaired) electrons. The summed E-state index contributed by atoms with van der Waals surface area (Å²) >= 11 is 0. The Balaban J connectivity index is 1.84. The fourth-order valence-electron chi connectivity index (χ4n) is 3.00. The van der Waals surface area contributed by atoms with Gasteiger partial charge >= 0.3 is 5.97 Å². The molecule has 0 bridgehead atoms. The van der Waals surface area contributed by atoms with Crippen LogP contribution in [0.15, 0.2) is 66.7 Å². The van der Waals surface area contributed by atoms with Crippen LogP contribution in [0, 0.1) is 6.92 Å². The van der Waals surface area contributed by atoms with Crippen LogP contribution in [0.4, 0.5) is 0 Å². The summed E-state index contributed by atoms with van der Waals surface area (Å²) in [6.07, 6.45) is 0.590. The van der Waals surface area contributed by atoms with Crippen LogP contribution in [0.1, 0.15) is 23.1 Å². The second kappa shape index (κ2) is 8.52. The van der Waals surface area contributed by atoms with Crippen molar-refractivity contribution in [2.45, 2.75) is 26.3 Å². The van der Waals surface area contributed by atoms with E-state index in [1.807, 2.05) is 55.5 Å². The van der Waals surface area contributed by atoms with E-state index in [-0.39, 0.29) is 6.42 Å². The highest BCUT2D eigenvalue weighted by Gasteiger charge is 2.06. The molecule has 0 aliphatic carbocycles. The minimum atomic E-state index is -0.802. The monoisotopic (exact) mass is 361 g/mol. The Morgan fingerprint density at radius 2 is 1.70 bits per heavy atom. The van der Waals surface area contributed by atoms with Gasteiger partial charge in [0.2, 0.25) is 0 Å². The van der Waals surface area contributed by atoms with Gasteiger partial charge in [0.05, 0.1) is 0 Å². The number of hydrogen-bond acceptors (Lipinski definition) is 3. The molecule has 138 valence electrons. The predicted molar refractivity (Wildman–Crippen MR) is 107 cm³/mol. The third-order valence-corrected chi connectivity index (χ3v) is 4.31. The van der Waals surface area contributed by atoms with Gasteiger partial charge in [-0.1, -0.05) is 36.4 Å². The summed E-state index contributed by atoms with van der Waals surface area (Å²) < 4.78 is 6.05. The summed E-state index contributed by atoms with van der Waals surface area (Å²) in [5, 5.41) is 8.85. The topological polar surface area (TPSA) is 72.5 Å². The Bertz CT molecular complexity index is 950. The summed E-state index contributed by atoms with van der Waals surface area (Å²) in [6.45, 7) is 2.54. The third-order valence-electron chi connectivity index (χ3n) is 4.31. The van der Waals surface area contributed by atoms with Gasteiger partial charge in [-0.2, -0.15) is 0 Å². The molecule has 0 aromatic heterocycles. The van der Waals surface area contributed by atoms with Crippen LogP contribution in [0.5, 0.6) is 11.5 Å². The molecule has 3 rings (SSSR count). The average molecular weight is 361 g/mol. The van der Waals surface area contributed by atoms with Crippen LogP contribution in [0.2, 0.25) is 0 Å². The number of carboxylic acid groups (broad SMARTS) is 1. The molecule has 27 heavy (non-hydrogen) atoms. The molecule has 0 fully saturated rings. The smallest absolute Gasteiger partial charge is 0.303 e. The number of rotatable bonds is 7. The van der Waals surface area contributed by atoms with E-state index in [4.69, 9.17) is 15.6 Å². The van der Waals surface area contributed by atoms with Gasteiger partial charge in [-0.3, -0.25) is 4.79 Å². The highest BCUT2D eigenvalue weighted by Crippen LogP contribution is 2.30. The van der Waals surface area contributed by atoms with Gasteiger partial charge in [0, 0.05) is 13.0 Å². The van der Waals surface area contributed by atoms with E-state index in [1.165, 1.54) is 0 Å². The van der Waals surface area contributed by atoms with Gasteiger partial charge in [0.1, 0.15) is 11.5 Å². The van der Waals surface area contributed by atoms with Crippen molar-refractivity contribution in [2.24, 2.45) is 5.73 Å². The standard InChI is InChI=1S/C23H23NO3/c1-16-10-20(19-6-2-5-18(12-19)15-24)14-22(11-16)27-21-7-3-4-17(13-21)8-9-23(25)26/h2-7,10-14H,8-9,15,24H2,1H3,(H,25,26). The zero-order chi connectivity index (χ0) is 19.2. The summed E-state index contributed by atoms with van der Waals surface area (Å²) in [4.78, 5) is 10.8. The Labute approximate surface area is 159 Å². The molecule has 0 heterocycles. The van der Waals surface area contributed by atoms with Crippen LogP contribution < -0.4 is 10.5 Å². The molecule has 0 amide bonds. The van der Waals surface area contributed by atoms with Crippen molar-refractivity contribution in [3.63, 3.8) is 0 Å². The zero-order valence-corrected chi connectivity index (χ0v) is 15.3. The first-order valence-electron chi connectivity index (χ1n) is 8.93. The molecule has 0 saturated carbocycles. The number of carboxylic acids is 1. The quantitative estimate of drug-likeness (QED) is 0.626.